The summed E-state index contributed by atoms with van der Waals surface area (Å²) in [5.41, 5.74) is 6.39. The van der Waals surface area contributed by atoms with Crippen molar-refractivity contribution in [2.45, 2.75) is 18.7 Å². The first-order chi connectivity index (χ1) is 13.3. The molecule has 1 amide bonds. The van der Waals surface area contributed by atoms with Crippen molar-refractivity contribution in [3.05, 3.63) is 77.4 Å². The normalized spacial score (nSPS) is 11.7. The quantitative estimate of drug-likeness (QED) is 0.505. The Morgan fingerprint density at radius 2 is 1.79 bits per heavy atom. The van der Waals surface area contributed by atoms with Gasteiger partial charge in [-0.25, -0.2) is 19.0 Å². The van der Waals surface area contributed by atoms with Crippen LogP contribution in [-0.2, 0) is 10.0 Å². The number of aryl methyl sites for hydroxylation is 1. The highest BCUT2D eigenvalue weighted by molar-refractivity contribution is 7.89. The van der Waals surface area contributed by atoms with E-state index in [1.54, 1.807) is 30.5 Å². The number of rotatable bonds is 5. The van der Waals surface area contributed by atoms with E-state index in [1.165, 1.54) is 24.5 Å². The Morgan fingerprint density at radius 3 is 2.39 bits per heavy atom. The number of primary sulfonamides is 1. The maximum absolute atomic E-state index is 12.0. The molecule has 2 aromatic heterocycles. The van der Waals surface area contributed by atoms with E-state index >= 15 is 0 Å². The van der Waals surface area contributed by atoms with Gasteiger partial charge in [0.2, 0.25) is 10.0 Å². The minimum absolute atomic E-state index is 0.0549. The molecule has 28 heavy (non-hydrogen) atoms. The first kappa shape index (κ1) is 19.5. The van der Waals surface area contributed by atoms with Crippen LogP contribution in [-0.4, -0.2) is 30.1 Å². The lowest BCUT2D eigenvalue weighted by Crippen LogP contribution is -2.17. The highest BCUT2D eigenvalue weighted by atomic mass is 32.2. The monoisotopic (exact) mass is 397 g/mol. The van der Waals surface area contributed by atoms with Crippen LogP contribution in [0.1, 0.15) is 27.3 Å². The van der Waals surface area contributed by atoms with Gasteiger partial charge in [0.05, 0.1) is 11.1 Å². The Hall–Kier alpha value is -3.30. The first-order valence-corrected chi connectivity index (χ1v) is 9.87. The predicted octanol–water partition coefficient (Wildman–Crippen LogP) is 1.90. The molecular weight excluding hydrogens is 378 g/mol. The number of hydrazone groups is 1. The number of hydrogen-bond donors (Lipinski definition) is 2. The Bertz CT molecular complexity index is 1130. The van der Waals surface area contributed by atoms with E-state index in [0.29, 0.717) is 5.56 Å². The number of carbonyl (C=O) groups is 1. The summed E-state index contributed by atoms with van der Waals surface area (Å²) < 4.78 is 24.8. The molecule has 0 aliphatic heterocycles. The third kappa shape index (κ3) is 4.16. The summed E-state index contributed by atoms with van der Waals surface area (Å²) in [7, 11) is -3.73. The molecule has 0 aliphatic carbocycles. The highest BCUT2D eigenvalue weighted by Crippen LogP contribution is 2.21. The van der Waals surface area contributed by atoms with Crippen LogP contribution in [0.4, 0.5) is 0 Å². The van der Waals surface area contributed by atoms with Gasteiger partial charge in [-0.15, -0.1) is 0 Å². The summed E-state index contributed by atoms with van der Waals surface area (Å²) >= 11 is 0. The summed E-state index contributed by atoms with van der Waals surface area (Å²) in [6.07, 6.45) is 4.64. The van der Waals surface area contributed by atoms with E-state index in [2.05, 4.69) is 15.5 Å². The SMILES string of the molecule is Cc1cc(/C=N\NC(=O)c2ccncc2)c(C)n1-c1ccc(S(N)(=O)=O)cc1. The number of carbonyl (C=O) groups excluding carboxylic acids is 1. The molecule has 8 nitrogen and oxygen atoms in total. The third-order valence-electron chi connectivity index (χ3n) is 4.21. The zero-order valence-electron chi connectivity index (χ0n) is 15.3. The summed E-state index contributed by atoms with van der Waals surface area (Å²) in [5.74, 6) is -0.328. The molecule has 0 spiro atoms. The van der Waals surface area contributed by atoms with Crippen molar-refractivity contribution in [2.75, 3.05) is 0 Å². The number of nitrogens with zero attached hydrogens (tertiary/aromatic N) is 3. The van der Waals surface area contributed by atoms with Gasteiger partial charge in [-0.2, -0.15) is 5.10 Å². The predicted molar refractivity (Wildman–Crippen MR) is 106 cm³/mol. The molecule has 2 heterocycles. The van der Waals surface area contributed by atoms with Crippen molar-refractivity contribution >= 4 is 22.1 Å². The molecule has 0 radical (unpaired) electrons. The molecule has 0 fully saturated rings. The lowest BCUT2D eigenvalue weighted by Gasteiger charge is -2.10. The molecule has 1 aromatic carbocycles. The van der Waals surface area contributed by atoms with Crippen molar-refractivity contribution in [1.82, 2.24) is 15.0 Å². The zero-order valence-corrected chi connectivity index (χ0v) is 16.1. The molecule has 0 saturated heterocycles. The van der Waals surface area contributed by atoms with Gasteiger partial charge in [-0.1, -0.05) is 0 Å². The minimum Gasteiger partial charge on any atom is -0.318 e. The van der Waals surface area contributed by atoms with E-state index in [0.717, 1.165) is 22.6 Å². The first-order valence-electron chi connectivity index (χ1n) is 8.33. The summed E-state index contributed by atoms with van der Waals surface area (Å²) in [6, 6.07) is 11.4. The average Bonchev–Trinajstić information content (AvgIpc) is 2.95. The van der Waals surface area contributed by atoms with Gasteiger partial charge in [0.25, 0.3) is 5.91 Å². The number of sulfonamides is 1. The highest BCUT2D eigenvalue weighted by Gasteiger charge is 2.12. The zero-order chi connectivity index (χ0) is 20.3. The number of nitrogens with two attached hydrogens (primary N) is 1. The van der Waals surface area contributed by atoms with E-state index in [4.69, 9.17) is 5.14 Å². The molecule has 3 N–H and O–H groups in total. The number of benzene rings is 1. The molecule has 0 aliphatic rings. The van der Waals surface area contributed by atoms with Crippen LogP contribution in [0.3, 0.4) is 0 Å². The van der Waals surface area contributed by atoms with E-state index in [-0.39, 0.29) is 10.8 Å². The maximum atomic E-state index is 12.0. The topological polar surface area (TPSA) is 119 Å². The van der Waals surface area contributed by atoms with Crippen LogP contribution >= 0.6 is 0 Å². The number of hydrogen-bond acceptors (Lipinski definition) is 5. The van der Waals surface area contributed by atoms with Crippen molar-refractivity contribution in [2.24, 2.45) is 10.2 Å². The smallest absolute Gasteiger partial charge is 0.271 e. The van der Waals surface area contributed by atoms with Gasteiger partial charge in [0, 0.05) is 40.6 Å². The fourth-order valence-electron chi connectivity index (χ4n) is 2.83. The lowest BCUT2D eigenvalue weighted by atomic mass is 10.2. The van der Waals surface area contributed by atoms with Crippen LogP contribution in [0.15, 0.2) is 64.9 Å². The van der Waals surface area contributed by atoms with Gasteiger partial charge < -0.3 is 4.57 Å². The van der Waals surface area contributed by atoms with E-state index in [9.17, 15) is 13.2 Å². The molecule has 0 atom stereocenters. The number of amides is 1. The van der Waals surface area contributed by atoms with E-state index in [1.807, 2.05) is 24.5 Å². The maximum Gasteiger partial charge on any atom is 0.271 e. The van der Waals surface area contributed by atoms with Crippen molar-refractivity contribution < 1.29 is 13.2 Å². The van der Waals surface area contributed by atoms with Crippen molar-refractivity contribution in [3.8, 4) is 5.69 Å². The van der Waals surface area contributed by atoms with Gasteiger partial charge in [-0.3, -0.25) is 9.78 Å². The number of aromatic nitrogens is 2. The Balaban J connectivity index is 1.81. The van der Waals surface area contributed by atoms with Crippen LogP contribution < -0.4 is 10.6 Å². The van der Waals surface area contributed by atoms with Gasteiger partial charge in [0.15, 0.2) is 0 Å². The second kappa shape index (κ2) is 7.75. The van der Waals surface area contributed by atoms with Crippen LogP contribution in [0.2, 0.25) is 0 Å². The summed E-state index contributed by atoms with van der Waals surface area (Å²) in [5, 5.41) is 9.16. The molecule has 0 bridgehead atoms. The van der Waals surface area contributed by atoms with Gasteiger partial charge in [-0.05, 0) is 56.3 Å². The molecule has 144 valence electrons. The second-order valence-electron chi connectivity index (χ2n) is 6.14. The van der Waals surface area contributed by atoms with Crippen LogP contribution in [0, 0.1) is 13.8 Å². The number of pyridine rings is 1. The Kier molecular flexibility index (Phi) is 5.39. The molecule has 3 rings (SSSR count). The molecule has 9 heteroatoms. The van der Waals surface area contributed by atoms with Crippen LogP contribution in [0.5, 0.6) is 0 Å². The summed E-state index contributed by atoms with van der Waals surface area (Å²) in [6.45, 7) is 3.83. The molecule has 3 aromatic rings. The third-order valence-corrected chi connectivity index (χ3v) is 5.14. The largest absolute Gasteiger partial charge is 0.318 e. The minimum atomic E-state index is -3.73. The fraction of sp³-hybridized carbons (Fsp3) is 0.105. The Labute approximate surface area is 162 Å². The van der Waals surface area contributed by atoms with Crippen LogP contribution in [0.25, 0.3) is 5.69 Å². The number of nitrogens with one attached hydrogen (secondary N) is 1. The van der Waals surface area contributed by atoms with Gasteiger partial charge in [0.1, 0.15) is 0 Å². The average molecular weight is 397 g/mol. The standard InChI is InChI=1S/C19H19N5O3S/c1-13-11-16(12-22-23-19(25)15-7-9-21-10-8-15)14(2)24(13)17-3-5-18(6-4-17)28(20,26)27/h3-12H,1-2H3,(H,23,25)(H2,20,26,27)/b22-12-. The Morgan fingerprint density at radius 1 is 1.14 bits per heavy atom. The molecule has 0 saturated carbocycles. The second-order valence-corrected chi connectivity index (χ2v) is 7.70. The molecular formula is C19H19N5O3S. The lowest BCUT2D eigenvalue weighted by molar-refractivity contribution is 0.0955. The van der Waals surface area contributed by atoms with Crippen molar-refractivity contribution in [3.63, 3.8) is 0 Å². The van der Waals surface area contributed by atoms with E-state index < -0.39 is 10.0 Å². The summed E-state index contributed by atoms with van der Waals surface area (Å²) in [4.78, 5) is 15.9. The van der Waals surface area contributed by atoms with Crippen molar-refractivity contribution in [1.29, 1.82) is 0 Å². The fourth-order valence-corrected chi connectivity index (χ4v) is 3.34. The molecule has 0 unspecified atom stereocenters. The van der Waals surface area contributed by atoms with Gasteiger partial charge >= 0.3 is 0 Å².